The van der Waals surface area contributed by atoms with Gasteiger partial charge in [0.25, 0.3) is 0 Å². The van der Waals surface area contributed by atoms with Crippen LogP contribution in [-0.2, 0) is 17.9 Å². The molecule has 23 heavy (non-hydrogen) atoms. The summed E-state index contributed by atoms with van der Waals surface area (Å²) in [5.41, 5.74) is 2.35. The third-order valence-corrected chi connectivity index (χ3v) is 3.74. The van der Waals surface area contributed by atoms with E-state index in [1.165, 1.54) is 11.1 Å². The lowest BCUT2D eigenvalue weighted by Crippen LogP contribution is -2.47. The highest BCUT2D eigenvalue weighted by atomic mass is 16.2. The number of hydrogen-bond acceptors (Lipinski definition) is 2. The van der Waals surface area contributed by atoms with Gasteiger partial charge in [-0.3, -0.25) is 9.79 Å². The van der Waals surface area contributed by atoms with Crippen LogP contribution >= 0.6 is 0 Å². The lowest BCUT2D eigenvalue weighted by atomic mass is 10.1. The molecule has 0 bridgehead atoms. The fourth-order valence-corrected chi connectivity index (χ4v) is 2.57. The Morgan fingerprint density at radius 1 is 1.22 bits per heavy atom. The molecule has 1 aliphatic heterocycles. The monoisotopic (exact) mass is 316 g/mol. The molecule has 0 atom stereocenters. The van der Waals surface area contributed by atoms with Crippen molar-refractivity contribution in [2.75, 3.05) is 13.6 Å². The molecule has 126 valence electrons. The van der Waals surface area contributed by atoms with E-state index < -0.39 is 0 Å². The smallest absolute Gasteiger partial charge is 0.222 e. The third-order valence-electron chi connectivity index (χ3n) is 3.74. The van der Waals surface area contributed by atoms with Crippen molar-refractivity contribution in [1.29, 1.82) is 0 Å². The number of amides is 1. The van der Waals surface area contributed by atoms with E-state index in [0.717, 1.165) is 32.0 Å². The first-order valence-electron chi connectivity index (χ1n) is 8.22. The summed E-state index contributed by atoms with van der Waals surface area (Å²) in [7, 11) is 1.78. The maximum absolute atomic E-state index is 11.7. The highest BCUT2D eigenvalue weighted by Gasteiger charge is 2.19. The second kappa shape index (κ2) is 7.49. The quantitative estimate of drug-likeness (QED) is 0.662. The first-order valence-corrected chi connectivity index (χ1v) is 8.22. The number of aliphatic imine (C=N–C) groups is 1. The van der Waals surface area contributed by atoms with Gasteiger partial charge in [-0.1, -0.05) is 24.3 Å². The molecule has 5 heteroatoms. The topological polar surface area (TPSA) is 56.7 Å². The van der Waals surface area contributed by atoms with Crippen LogP contribution in [0.4, 0.5) is 0 Å². The molecular formula is C18H28N4O. The van der Waals surface area contributed by atoms with Crippen LogP contribution in [0.5, 0.6) is 0 Å². The fourth-order valence-electron chi connectivity index (χ4n) is 2.57. The number of guanidine groups is 1. The van der Waals surface area contributed by atoms with Crippen molar-refractivity contribution in [3.8, 4) is 0 Å². The molecular weight excluding hydrogens is 288 g/mol. The molecule has 0 radical (unpaired) electrons. The zero-order valence-corrected chi connectivity index (χ0v) is 14.6. The fraction of sp³-hybridized carbons (Fsp3) is 0.556. The Balaban J connectivity index is 1.86. The van der Waals surface area contributed by atoms with Gasteiger partial charge < -0.3 is 15.5 Å². The van der Waals surface area contributed by atoms with E-state index in [0.29, 0.717) is 6.42 Å². The van der Waals surface area contributed by atoms with Gasteiger partial charge in [0.2, 0.25) is 5.91 Å². The molecule has 0 aromatic heterocycles. The van der Waals surface area contributed by atoms with Gasteiger partial charge in [-0.05, 0) is 38.3 Å². The zero-order valence-electron chi connectivity index (χ0n) is 14.6. The summed E-state index contributed by atoms with van der Waals surface area (Å²) in [5, 5.41) is 6.65. The molecule has 1 saturated heterocycles. The van der Waals surface area contributed by atoms with E-state index in [1.54, 1.807) is 7.05 Å². The van der Waals surface area contributed by atoms with Crippen molar-refractivity contribution in [2.45, 2.75) is 52.2 Å². The maximum Gasteiger partial charge on any atom is 0.222 e. The van der Waals surface area contributed by atoms with Crippen molar-refractivity contribution in [3.63, 3.8) is 0 Å². The standard InChI is InChI=1S/C18H28N4O/c1-18(2,3)21-17(19-4)20-12-14-7-9-15(10-8-14)13-22-11-5-6-16(22)23/h7-10H,5-6,11-13H2,1-4H3,(H2,19,20,21). The van der Waals surface area contributed by atoms with Crippen molar-refractivity contribution >= 4 is 11.9 Å². The van der Waals surface area contributed by atoms with Crippen LogP contribution in [0, 0.1) is 0 Å². The van der Waals surface area contributed by atoms with Gasteiger partial charge in [0.15, 0.2) is 5.96 Å². The van der Waals surface area contributed by atoms with E-state index in [2.05, 4.69) is 60.7 Å². The van der Waals surface area contributed by atoms with Crippen molar-refractivity contribution in [3.05, 3.63) is 35.4 Å². The molecule has 0 spiro atoms. The summed E-state index contributed by atoms with van der Waals surface area (Å²) in [5.74, 6) is 1.07. The molecule has 1 fully saturated rings. The number of benzene rings is 1. The Kier molecular flexibility index (Phi) is 5.64. The van der Waals surface area contributed by atoms with Crippen molar-refractivity contribution < 1.29 is 4.79 Å². The molecule has 1 amide bonds. The summed E-state index contributed by atoms with van der Waals surface area (Å²) in [6.45, 7) is 8.65. The average Bonchev–Trinajstić information content (AvgIpc) is 2.89. The highest BCUT2D eigenvalue weighted by molar-refractivity contribution is 5.80. The number of carbonyl (C=O) groups excluding carboxylic acids is 1. The van der Waals surface area contributed by atoms with Crippen LogP contribution in [-0.4, -0.2) is 35.9 Å². The maximum atomic E-state index is 11.7. The third kappa shape index (κ3) is 5.58. The van der Waals surface area contributed by atoms with Crippen LogP contribution in [0.3, 0.4) is 0 Å². The molecule has 1 aromatic rings. The van der Waals surface area contributed by atoms with Crippen LogP contribution in [0.15, 0.2) is 29.3 Å². The van der Waals surface area contributed by atoms with E-state index in [-0.39, 0.29) is 11.4 Å². The van der Waals surface area contributed by atoms with Gasteiger partial charge in [-0.25, -0.2) is 0 Å². The highest BCUT2D eigenvalue weighted by Crippen LogP contribution is 2.14. The largest absolute Gasteiger partial charge is 0.352 e. The van der Waals surface area contributed by atoms with Gasteiger partial charge in [0.05, 0.1) is 0 Å². The minimum absolute atomic E-state index is 0.0199. The predicted octanol–water partition coefficient (Wildman–Crippen LogP) is 2.27. The van der Waals surface area contributed by atoms with E-state index in [1.807, 2.05) is 4.90 Å². The number of hydrogen-bond donors (Lipinski definition) is 2. The van der Waals surface area contributed by atoms with Crippen LogP contribution in [0.1, 0.15) is 44.7 Å². The van der Waals surface area contributed by atoms with Gasteiger partial charge in [-0.15, -0.1) is 0 Å². The second-order valence-electron chi connectivity index (χ2n) is 7.04. The van der Waals surface area contributed by atoms with Gasteiger partial charge in [0.1, 0.15) is 0 Å². The Morgan fingerprint density at radius 2 is 1.87 bits per heavy atom. The van der Waals surface area contributed by atoms with Crippen molar-refractivity contribution in [1.82, 2.24) is 15.5 Å². The molecule has 1 aliphatic rings. The van der Waals surface area contributed by atoms with E-state index in [4.69, 9.17) is 0 Å². The molecule has 5 nitrogen and oxygen atoms in total. The van der Waals surface area contributed by atoms with Gasteiger partial charge in [0, 0.05) is 38.6 Å². The summed E-state index contributed by atoms with van der Waals surface area (Å²) >= 11 is 0. The van der Waals surface area contributed by atoms with Crippen LogP contribution in [0.2, 0.25) is 0 Å². The van der Waals surface area contributed by atoms with E-state index >= 15 is 0 Å². The second-order valence-corrected chi connectivity index (χ2v) is 7.04. The first-order chi connectivity index (χ1) is 10.9. The SMILES string of the molecule is CN=C(NCc1ccc(CN2CCCC2=O)cc1)NC(C)(C)C. The predicted molar refractivity (Wildman–Crippen MR) is 94.2 cm³/mol. The number of nitrogens with one attached hydrogen (secondary N) is 2. The average molecular weight is 316 g/mol. The molecule has 0 unspecified atom stereocenters. The Labute approximate surface area is 139 Å². The first kappa shape index (κ1) is 17.3. The minimum Gasteiger partial charge on any atom is -0.352 e. The Morgan fingerprint density at radius 3 is 2.39 bits per heavy atom. The molecule has 1 aromatic carbocycles. The van der Waals surface area contributed by atoms with E-state index in [9.17, 15) is 4.79 Å². The number of nitrogens with zero attached hydrogens (tertiary/aromatic N) is 2. The van der Waals surface area contributed by atoms with Crippen LogP contribution in [0.25, 0.3) is 0 Å². The molecule has 2 N–H and O–H groups in total. The molecule has 0 saturated carbocycles. The summed E-state index contributed by atoms with van der Waals surface area (Å²) in [4.78, 5) is 17.8. The number of carbonyl (C=O) groups is 1. The van der Waals surface area contributed by atoms with Gasteiger partial charge >= 0.3 is 0 Å². The summed E-state index contributed by atoms with van der Waals surface area (Å²) in [6, 6.07) is 8.41. The molecule has 0 aliphatic carbocycles. The van der Waals surface area contributed by atoms with Crippen molar-refractivity contribution in [2.24, 2.45) is 4.99 Å². The number of rotatable bonds is 4. The number of likely N-dealkylation sites (tertiary alicyclic amines) is 1. The minimum atomic E-state index is -0.0199. The Bertz CT molecular complexity index is 557. The van der Waals surface area contributed by atoms with Crippen LogP contribution < -0.4 is 10.6 Å². The molecule has 1 heterocycles. The lowest BCUT2D eigenvalue weighted by Gasteiger charge is -2.23. The summed E-state index contributed by atoms with van der Waals surface area (Å²) in [6.07, 6.45) is 1.68. The zero-order chi connectivity index (χ0) is 16.9. The molecule has 2 rings (SSSR count). The summed E-state index contributed by atoms with van der Waals surface area (Å²) < 4.78 is 0. The lowest BCUT2D eigenvalue weighted by molar-refractivity contribution is -0.128. The Hall–Kier alpha value is -2.04. The normalized spacial score (nSPS) is 15.9. The van der Waals surface area contributed by atoms with Gasteiger partial charge in [-0.2, -0.15) is 0 Å².